The number of fused-ring (bicyclic) bond motifs is 1. The SMILES string of the molecule is O=S(=O)(O)SCC(CSS(=O)(=O)O)c1nncc2ccccc12. The monoisotopic (exact) mass is 396 g/mol. The summed E-state index contributed by atoms with van der Waals surface area (Å²) in [6.07, 6.45) is 1.53. The van der Waals surface area contributed by atoms with Crippen LogP contribution in [-0.4, -0.2) is 47.6 Å². The average molecular weight is 396 g/mol. The van der Waals surface area contributed by atoms with Gasteiger partial charge in [0.25, 0.3) is 0 Å². The van der Waals surface area contributed by atoms with Crippen molar-refractivity contribution in [3.63, 3.8) is 0 Å². The Morgan fingerprint density at radius 2 is 1.57 bits per heavy atom. The lowest BCUT2D eigenvalue weighted by atomic mass is 10.0. The Morgan fingerprint density at radius 3 is 2.13 bits per heavy atom. The highest BCUT2D eigenvalue weighted by molar-refractivity contribution is 8.70. The van der Waals surface area contributed by atoms with Crippen LogP contribution in [0.1, 0.15) is 11.6 Å². The van der Waals surface area contributed by atoms with E-state index < -0.39 is 24.2 Å². The first-order valence-corrected chi connectivity index (χ1v) is 12.0. The molecule has 0 saturated carbocycles. The van der Waals surface area contributed by atoms with Gasteiger partial charge in [0.1, 0.15) is 0 Å². The van der Waals surface area contributed by atoms with Crippen LogP contribution in [-0.2, 0) is 18.3 Å². The molecule has 23 heavy (non-hydrogen) atoms. The second-order valence-corrected chi connectivity index (χ2v) is 11.2. The Morgan fingerprint density at radius 1 is 1.00 bits per heavy atom. The highest BCUT2D eigenvalue weighted by Crippen LogP contribution is 2.31. The molecule has 2 rings (SSSR count). The fourth-order valence-corrected chi connectivity index (χ4v) is 5.28. The molecule has 1 aromatic carbocycles. The summed E-state index contributed by atoms with van der Waals surface area (Å²) in [5.74, 6) is -0.930. The van der Waals surface area contributed by atoms with Gasteiger partial charge in [-0.05, 0) is 21.6 Å². The maximum atomic E-state index is 10.9. The molecule has 0 atom stereocenters. The van der Waals surface area contributed by atoms with Crippen molar-refractivity contribution in [2.45, 2.75) is 5.92 Å². The van der Waals surface area contributed by atoms with Crippen molar-refractivity contribution in [2.75, 3.05) is 11.5 Å². The first-order chi connectivity index (χ1) is 10.7. The first-order valence-electron chi connectivity index (χ1n) is 6.10. The Hall–Kier alpha value is -0.920. The van der Waals surface area contributed by atoms with Gasteiger partial charge < -0.3 is 0 Å². The molecule has 1 heterocycles. The number of hydrogen-bond donors (Lipinski definition) is 2. The van der Waals surface area contributed by atoms with Gasteiger partial charge in [-0.3, -0.25) is 9.11 Å². The highest BCUT2D eigenvalue weighted by Gasteiger charge is 2.22. The molecule has 0 spiro atoms. The van der Waals surface area contributed by atoms with E-state index in [1.165, 1.54) is 6.20 Å². The summed E-state index contributed by atoms with van der Waals surface area (Å²) >= 11 is 0. The van der Waals surface area contributed by atoms with Gasteiger partial charge in [-0.1, -0.05) is 24.3 Å². The van der Waals surface area contributed by atoms with Gasteiger partial charge in [0.15, 0.2) is 0 Å². The molecule has 2 aromatic rings. The minimum Gasteiger partial charge on any atom is -0.277 e. The van der Waals surface area contributed by atoms with E-state index in [0.717, 1.165) is 5.39 Å². The lowest BCUT2D eigenvalue weighted by Crippen LogP contribution is -2.12. The molecule has 0 amide bonds. The minimum atomic E-state index is -4.29. The molecule has 0 aliphatic heterocycles. The van der Waals surface area contributed by atoms with Crippen molar-refractivity contribution in [3.05, 3.63) is 36.2 Å². The fraction of sp³-hybridized carbons (Fsp3) is 0.273. The summed E-state index contributed by atoms with van der Waals surface area (Å²) in [7, 11) is -8.04. The molecule has 0 radical (unpaired) electrons. The number of rotatable bonds is 7. The molecule has 0 fully saturated rings. The van der Waals surface area contributed by atoms with E-state index in [4.69, 9.17) is 9.11 Å². The van der Waals surface area contributed by atoms with E-state index in [0.29, 0.717) is 11.1 Å². The van der Waals surface area contributed by atoms with Gasteiger partial charge in [0.2, 0.25) is 0 Å². The molecule has 2 N–H and O–H groups in total. The number of hydrogen-bond acceptors (Lipinski definition) is 8. The molecule has 0 bridgehead atoms. The number of benzene rings is 1. The van der Waals surface area contributed by atoms with Crippen LogP contribution in [0.2, 0.25) is 0 Å². The van der Waals surface area contributed by atoms with Crippen molar-refractivity contribution in [3.8, 4) is 0 Å². The third-order valence-corrected chi connectivity index (χ3v) is 7.10. The van der Waals surface area contributed by atoms with E-state index in [9.17, 15) is 16.8 Å². The van der Waals surface area contributed by atoms with E-state index in [1.54, 1.807) is 24.3 Å². The Bertz CT molecular complexity index is 858. The lowest BCUT2D eigenvalue weighted by molar-refractivity contribution is 0.501. The lowest BCUT2D eigenvalue weighted by Gasteiger charge is -2.15. The van der Waals surface area contributed by atoms with E-state index in [1.807, 2.05) is 0 Å². The van der Waals surface area contributed by atoms with E-state index >= 15 is 0 Å². The Labute approximate surface area is 140 Å². The second-order valence-electron chi connectivity index (χ2n) is 4.44. The van der Waals surface area contributed by atoms with Gasteiger partial charge in [-0.15, -0.1) is 0 Å². The highest BCUT2D eigenvalue weighted by atomic mass is 33.2. The molecule has 1 aromatic heterocycles. The predicted molar refractivity (Wildman–Crippen MR) is 90.3 cm³/mol. The van der Waals surface area contributed by atoms with Crippen LogP contribution in [0.3, 0.4) is 0 Å². The maximum Gasteiger partial charge on any atom is 0.319 e. The van der Waals surface area contributed by atoms with E-state index in [-0.39, 0.29) is 33.1 Å². The molecule has 126 valence electrons. The van der Waals surface area contributed by atoms with Crippen molar-refractivity contribution < 1.29 is 25.9 Å². The second kappa shape index (κ2) is 7.32. The van der Waals surface area contributed by atoms with Crippen molar-refractivity contribution in [1.82, 2.24) is 10.2 Å². The summed E-state index contributed by atoms with van der Waals surface area (Å²) < 4.78 is 61.5. The van der Waals surface area contributed by atoms with Gasteiger partial charge in [0, 0.05) is 28.2 Å². The largest absolute Gasteiger partial charge is 0.319 e. The smallest absolute Gasteiger partial charge is 0.277 e. The average Bonchev–Trinajstić information content (AvgIpc) is 2.45. The molecule has 0 aliphatic carbocycles. The van der Waals surface area contributed by atoms with Crippen molar-refractivity contribution in [1.29, 1.82) is 0 Å². The fourth-order valence-electron chi connectivity index (χ4n) is 1.89. The van der Waals surface area contributed by atoms with Crippen LogP contribution in [0.5, 0.6) is 0 Å². The molecule has 12 heteroatoms. The summed E-state index contributed by atoms with van der Waals surface area (Å²) in [6.45, 7) is 0. The van der Waals surface area contributed by atoms with Crippen LogP contribution in [0.4, 0.5) is 0 Å². The molecule has 0 saturated heterocycles. The topological polar surface area (TPSA) is 135 Å². The zero-order chi connectivity index (χ0) is 17.1. The summed E-state index contributed by atoms with van der Waals surface area (Å²) in [6, 6.07) is 7.10. The third-order valence-electron chi connectivity index (χ3n) is 2.82. The van der Waals surface area contributed by atoms with Crippen molar-refractivity contribution >= 4 is 50.7 Å². The zero-order valence-electron chi connectivity index (χ0n) is 11.4. The van der Waals surface area contributed by atoms with Crippen LogP contribution in [0, 0.1) is 0 Å². The third kappa shape index (κ3) is 5.90. The molecule has 0 aliphatic rings. The number of aromatic nitrogens is 2. The first kappa shape index (κ1) is 18.4. The Balaban J connectivity index is 2.37. The van der Waals surface area contributed by atoms with Gasteiger partial charge in [-0.25, -0.2) is 0 Å². The summed E-state index contributed by atoms with van der Waals surface area (Å²) in [5, 5.41) is 9.26. The molecular weight excluding hydrogens is 384 g/mol. The van der Waals surface area contributed by atoms with Gasteiger partial charge in [-0.2, -0.15) is 27.0 Å². The summed E-state index contributed by atoms with van der Waals surface area (Å²) in [4.78, 5) is 0. The normalized spacial score (nSPS) is 12.8. The van der Waals surface area contributed by atoms with Gasteiger partial charge in [0.05, 0.1) is 11.9 Å². The minimum absolute atomic E-state index is 0.135. The standard InChI is InChI=1S/C11H12N2O6S4/c14-22(15,16)20-6-9(7-21-23(17,18)19)11-10-4-2-1-3-8(10)5-12-13-11/h1-5,9H,6-7H2,(H,14,15,16)(H,17,18,19). The van der Waals surface area contributed by atoms with Crippen LogP contribution in [0.25, 0.3) is 10.8 Å². The quantitative estimate of drug-likeness (QED) is 0.526. The molecular formula is C11H12N2O6S4. The van der Waals surface area contributed by atoms with Crippen molar-refractivity contribution in [2.24, 2.45) is 0 Å². The van der Waals surface area contributed by atoms with Crippen LogP contribution < -0.4 is 0 Å². The maximum absolute atomic E-state index is 10.9. The van der Waals surface area contributed by atoms with Crippen LogP contribution >= 0.6 is 21.6 Å². The molecule has 8 nitrogen and oxygen atoms in total. The number of nitrogens with zero attached hydrogens (tertiary/aromatic N) is 2. The predicted octanol–water partition coefficient (Wildman–Crippen LogP) is 1.79. The van der Waals surface area contributed by atoms with Crippen LogP contribution in [0.15, 0.2) is 30.5 Å². The molecule has 0 unspecified atom stereocenters. The Kier molecular flexibility index (Phi) is 5.86. The van der Waals surface area contributed by atoms with Gasteiger partial charge >= 0.3 is 18.3 Å². The zero-order valence-corrected chi connectivity index (χ0v) is 14.7. The summed E-state index contributed by atoms with van der Waals surface area (Å²) in [5.41, 5.74) is 0.399. The van der Waals surface area contributed by atoms with E-state index in [2.05, 4.69) is 10.2 Å².